The molecule has 0 radical (unpaired) electrons. The molecule has 4 nitrogen and oxygen atoms in total. The van der Waals surface area contributed by atoms with Gasteiger partial charge in [-0.25, -0.2) is 0 Å². The van der Waals surface area contributed by atoms with E-state index in [0.717, 1.165) is 11.1 Å². The first-order chi connectivity index (χ1) is 11.5. The van der Waals surface area contributed by atoms with Gasteiger partial charge in [0.2, 0.25) is 0 Å². The highest BCUT2D eigenvalue weighted by Crippen LogP contribution is 2.31. The molecule has 3 aromatic carbocycles. The van der Waals surface area contributed by atoms with Gasteiger partial charge in [-0.05, 0) is 61.4 Å². The fourth-order valence-electron chi connectivity index (χ4n) is 2.45. The van der Waals surface area contributed by atoms with Gasteiger partial charge in [-0.15, -0.1) is 0 Å². The topological polar surface area (TPSA) is 58.9 Å². The molecule has 0 aliphatic heterocycles. The smallest absolute Gasteiger partial charge is 0.131 e. The average Bonchev–Trinajstić information content (AvgIpc) is 2.45. The summed E-state index contributed by atoms with van der Waals surface area (Å²) in [5.41, 5.74) is 1.82. The highest BCUT2D eigenvalue weighted by molar-refractivity contribution is 5.44. The van der Waals surface area contributed by atoms with E-state index >= 15 is 0 Å². The van der Waals surface area contributed by atoms with E-state index in [1.807, 2.05) is 32.0 Å². The number of aromatic hydroxyl groups is 2. The minimum Gasteiger partial charge on any atom is -0.508 e. The Morgan fingerprint density at radius 2 is 1.04 bits per heavy atom. The van der Waals surface area contributed by atoms with Gasteiger partial charge in [0.15, 0.2) is 0 Å². The molecule has 0 bridgehead atoms. The molecule has 0 saturated heterocycles. The number of phenolic OH excluding ortho intramolecular Hbond substituents is 2. The van der Waals surface area contributed by atoms with Crippen LogP contribution in [0, 0.1) is 13.8 Å². The maximum absolute atomic E-state index is 9.64. The molecule has 3 rings (SSSR count). The normalized spacial score (nSPS) is 10.4. The van der Waals surface area contributed by atoms with Gasteiger partial charge in [0.25, 0.3) is 0 Å². The Labute approximate surface area is 140 Å². The molecular formula is C20H18O4. The molecule has 0 amide bonds. The summed E-state index contributed by atoms with van der Waals surface area (Å²) < 4.78 is 11.6. The Kier molecular flexibility index (Phi) is 4.29. The zero-order chi connectivity index (χ0) is 17.1. The van der Waals surface area contributed by atoms with Crippen molar-refractivity contribution in [1.29, 1.82) is 0 Å². The minimum absolute atomic E-state index is 0.160. The molecule has 24 heavy (non-hydrogen) atoms. The van der Waals surface area contributed by atoms with Crippen molar-refractivity contribution in [3.05, 3.63) is 71.8 Å². The van der Waals surface area contributed by atoms with Crippen molar-refractivity contribution >= 4 is 0 Å². The first-order valence-electron chi connectivity index (χ1n) is 7.55. The predicted octanol–water partition coefficient (Wildman–Crippen LogP) is 5.30. The largest absolute Gasteiger partial charge is 0.508 e. The first kappa shape index (κ1) is 15.7. The van der Waals surface area contributed by atoms with E-state index in [0.29, 0.717) is 23.0 Å². The van der Waals surface area contributed by atoms with Crippen molar-refractivity contribution in [3.8, 4) is 34.5 Å². The fourth-order valence-corrected chi connectivity index (χ4v) is 2.45. The highest BCUT2D eigenvalue weighted by Gasteiger charge is 2.05. The van der Waals surface area contributed by atoms with Crippen molar-refractivity contribution in [2.75, 3.05) is 0 Å². The van der Waals surface area contributed by atoms with E-state index in [4.69, 9.17) is 9.47 Å². The molecule has 0 unspecified atom stereocenters. The second-order valence-electron chi connectivity index (χ2n) is 5.69. The number of ether oxygens (including phenoxy) is 2. The molecule has 0 aromatic heterocycles. The molecule has 0 spiro atoms. The van der Waals surface area contributed by atoms with E-state index in [9.17, 15) is 10.2 Å². The van der Waals surface area contributed by atoms with Crippen LogP contribution in [0.5, 0.6) is 34.5 Å². The minimum atomic E-state index is 0.160. The zero-order valence-electron chi connectivity index (χ0n) is 13.5. The zero-order valence-corrected chi connectivity index (χ0v) is 13.5. The summed E-state index contributed by atoms with van der Waals surface area (Å²) in [6.07, 6.45) is 0. The van der Waals surface area contributed by atoms with Gasteiger partial charge in [0.05, 0.1) is 0 Å². The first-order valence-corrected chi connectivity index (χ1v) is 7.55. The van der Waals surface area contributed by atoms with Crippen LogP contribution in [-0.2, 0) is 0 Å². The fraction of sp³-hybridized carbons (Fsp3) is 0.100. The molecular weight excluding hydrogens is 304 g/mol. The molecule has 2 N–H and O–H groups in total. The molecule has 0 atom stereocenters. The summed E-state index contributed by atoms with van der Waals surface area (Å²) in [6.45, 7) is 3.77. The second-order valence-corrected chi connectivity index (χ2v) is 5.69. The lowest BCUT2D eigenvalue weighted by molar-refractivity contribution is 0.443. The van der Waals surface area contributed by atoms with Crippen LogP contribution in [-0.4, -0.2) is 10.2 Å². The van der Waals surface area contributed by atoms with Crippen LogP contribution in [0.25, 0.3) is 0 Å². The Hall–Kier alpha value is -3.14. The molecule has 4 heteroatoms. The Morgan fingerprint density at radius 1 is 0.583 bits per heavy atom. The SMILES string of the molecule is Cc1cc(O)cc(Oc2cccc(Oc3cc(C)cc(O)c3)c2)c1. The van der Waals surface area contributed by atoms with Crippen molar-refractivity contribution in [2.45, 2.75) is 13.8 Å². The molecule has 0 aliphatic carbocycles. The average molecular weight is 322 g/mol. The lowest BCUT2D eigenvalue weighted by Crippen LogP contribution is -1.88. The predicted molar refractivity (Wildman–Crippen MR) is 92.3 cm³/mol. The highest BCUT2D eigenvalue weighted by atomic mass is 16.5. The number of aryl methyl sites for hydroxylation is 2. The van der Waals surface area contributed by atoms with Crippen LogP contribution in [0.1, 0.15) is 11.1 Å². The molecule has 122 valence electrons. The number of hydrogen-bond donors (Lipinski definition) is 2. The van der Waals surface area contributed by atoms with E-state index in [1.165, 1.54) is 0 Å². The van der Waals surface area contributed by atoms with Crippen molar-refractivity contribution in [1.82, 2.24) is 0 Å². The van der Waals surface area contributed by atoms with E-state index in [2.05, 4.69) is 0 Å². The summed E-state index contributed by atoms with van der Waals surface area (Å²) in [4.78, 5) is 0. The van der Waals surface area contributed by atoms with Crippen molar-refractivity contribution in [3.63, 3.8) is 0 Å². The standard InChI is InChI=1S/C20H18O4/c1-13-6-15(21)10-19(8-13)23-17-4-3-5-18(12-17)24-20-9-14(2)7-16(22)11-20/h3-12,21-22H,1-2H3. The van der Waals surface area contributed by atoms with E-state index in [-0.39, 0.29) is 11.5 Å². The molecule has 0 saturated carbocycles. The van der Waals surface area contributed by atoms with Crippen LogP contribution in [0.15, 0.2) is 60.7 Å². The summed E-state index contributed by atoms with van der Waals surface area (Å²) in [7, 11) is 0. The number of phenols is 2. The Balaban J connectivity index is 1.81. The summed E-state index contributed by atoms with van der Waals surface area (Å²) in [5, 5.41) is 19.3. The van der Waals surface area contributed by atoms with Gasteiger partial charge < -0.3 is 19.7 Å². The molecule has 0 heterocycles. The van der Waals surface area contributed by atoms with Crippen molar-refractivity contribution < 1.29 is 19.7 Å². The van der Waals surface area contributed by atoms with Gasteiger partial charge in [-0.3, -0.25) is 0 Å². The quantitative estimate of drug-likeness (QED) is 0.684. The van der Waals surface area contributed by atoms with Crippen LogP contribution < -0.4 is 9.47 Å². The van der Waals surface area contributed by atoms with Crippen LogP contribution in [0.3, 0.4) is 0 Å². The van der Waals surface area contributed by atoms with Gasteiger partial charge in [-0.1, -0.05) is 6.07 Å². The maximum atomic E-state index is 9.64. The number of rotatable bonds is 4. The van der Waals surface area contributed by atoms with Crippen LogP contribution >= 0.6 is 0 Å². The molecule has 0 fully saturated rings. The third-order valence-corrected chi connectivity index (χ3v) is 3.35. The van der Waals surface area contributed by atoms with Crippen LogP contribution in [0.2, 0.25) is 0 Å². The Morgan fingerprint density at radius 3 is 1.46 bits per heavy atom. The third kappa shape index (κ3) is 3.98. The maximum Gasteiger partial charge on any atom is 0.131 e. The van der Waals surface area contributed by atoms with Gasteiger partial charge in [0, 0.05) is 18.2 Å². The summed E-state index contributed by atoms with van der Waals surface area (Å²) in [5.74, 6) is 2.61. The summed E-state index contributed by atoms with van der Waals surface area (Å²) >= 11 is 0. The van der Waals surface area contributed by atoms with Gasteiger partial charge in [-0.2, -0.15) is 0 Å². The van der Waals surface area contributed by atoms with Gasteiger partial charge in [0.1, 0.15) is 34.5 Å². The van der Waals surface area contributed by atoms with Crippen molar-refractivity contribution in [2.24, 2.45) is 0 Å². The molecule has 0 aliphatic rings. The third-order valence-electron chi connectivity index (χ3n) is 3.35. The number of hydrogen-bond acceptors (Lipinski definition) is 4. The van der Waals surface area contributed by atoms with Crippen LogP contribution in [0.4, 0.5) is 0 Å². The van der Waals surface area contributed by atoms with Gasteiger partial charge >= 0.3 is 0 Å². The lowest BCUT2D eigenvalue weighted by Gasteiger charge is -2.10. The van der Waals surface area contributed by atoms with E-state index in [1.54, 1.807) is 42.5 Å². The van der Waals surface area contributed by atoms with E-state index < -0.39 is 0 Å². The monoisotopic (exact) mass is 322 g/mol. The number of benzene rings is 3. The summed E-state index contributed by atoms with van der Waals surface area (Å²) in [6, 6.07) is 17.3. The second kappa shape index (κ2) is 6.54. The lowest BCUT2D eigenvalue weighted by atomic mass is 10.2. The Bertz CT molecular complexity index is 762. The molecule has 3 aromatic rings.